The summed E-state index contributed by atoms with van der Waals surface area (Å²) in [6.45, 7) is 1.50. The van der Waals surface area contributed by atoms with E-state index in [1.54, 1.807) is 14.2 Å². The van der Waals surface area contributed by atoms with Crippen molar-refractivity contribution in [2.45, 2.75) is 25.5 Å². The van der Waals surface area contributed by atoms with Gasteiger partial charge in [0.05, 0.1) is 6.61 Å². The van der Waals surface area contributed by atoms with E-state index in [-0.39, 0.29) is 0 Å². The monoisotopic (exact) mass is 253 g/mol. The zero-order valence-electron chi connectivity index (χ0n) is 10.6. The second-order valence-corrected chi connectivity index (χ2v) is 5.84. The van der Waals surface area contributed by atoms with Gasteiger partial charge in [-0.1, -0.05) is 30.3 Å². The molecule has 17 heavy (non-hydrogen) atoms. The molecule has 0 fully saturated rings. The van der Waals surface area contributed by atoms with E-state index in [0.717, 1.165) is 25.5 Å². The van der Waals surface area contributed by atoms with Crippen LogP contribution in [0.2, 0.25) is 6.04 Å². The first kappa shape index (κ1) is 14.4. The van der Waals surface area contributed by atoms with Gasteiger partial charge in [0, 0.05) is 20.8 Å². The Morgan fingerprint density at radius 3 is 2.35 bits per heavy atom. The summed E-state index contributed by atoms with van der Waals surface area (Å²) in [7, 11) is 2.41. The van der Waals surface area contributed by atoms with Crippen molar-refractivity contribution in [2.24, 2.45) is 0 Å². The molecule has 1 aromatic rings. The molecule has 0 heterocycles. The second kappa shape index (κ2) is 9.36. The molecule has 0 saturated heterocycles. The van der Waals surface area contributed by atoms with Crippen LogP contribution in [0.5, 0.6) is 0 Å². The highest BCUT2D eigenvalue weighted by atomic mass is 28.3. The van der Waals surface area contributed by atoms with E-state index in [2.05, 4.69) is 12.1 Å². The number of benzene rings is 1. The van der Waals surface area contributed by atoms with E-state index in [4.69, 9.17) is 13.6 Å². The smallest absolute Gasteiger partial charge is 0.384 e. The van der Waals surface area contributed by atoms with Crippen LogP contribution in [0.15, 0.2) is 30.3 Å². The van der Waals surface area contributed by atoms with Crippen LogP contribution in [0, 0.1) is 0 Å². The summed E-state index contributed by atoms with van der Waals surface area (Å²) in [4.78, 5) is 0. The largest absolute Gasteiger partial charge is 0.397 e. The molecule has 0 unspecified atom stereocenters. The minimum Gasteiger partial charge on any atom is -0.397 e. The third-order valence-electron chi connectivity index (χ3n) is 2.49. The standard InChI is InChI=1S/C13H21O3Si/c1-14-17(15-2)11-7-6-10-16-12-13-8-4-3-5-9-13/h3-5,8-9H,6-7,10-12H2,1-2H3. The van der Waals surface area contributed by atoms with Crippen molar-refractivity contribution in [3.05, 3.63) is 35.9 Å². The van der Waals surface area contributed by atoms with Gasteiger partial charge in [0.1, 0.15) is 0 Å². The Balaban J connectivity index is 1.98. The van der Waals surface area contributed by atoms with Gasteiger partial charge in [0.25, 0.3) is 0 Å². The summed E-state index contributed by atoms with van der Waals surface area (Å²) >= 11 is 0. The van der Waals surface area contributed by atoms with Crippen molar-refractivity contribution >= 4 is 9.28 Å². The van der Waals surface area contributed by atoms with Gasteiger partial charge in [-0.2, -0.15) is 0 Å². The lowest BCUT2D eigenvalue weighted by molar-refractivity contribution is 0.117. The van der Waals surface area contributed by atoms with Crippen LogP contribution in [-0.2, 0) is 20.2 Å². The van der Waals surface area contributed by atoms with Crippen molar-refractivity contribution in [3.63, 3.8) is 0 Å². The van der Waals surface area contributed by atoms with Crippen LogP contribution in [0.1, 0.15) is 18.4 Å². The van der Waals surface area contributed by atoms with Gasteiger partial charge in [0.15, 0.2) is 0 Å². The van der Waals surface area contributed by atoms with Gasteiger partial charge in [-0.05, 0) is 24.4 Å². The van der Waals surface area contributed by atoms with E-state index < -0.39 is 9.28 Å². The fraction of sp³-hybridized carbons (Fsp3) is 0.538. The minimum absolute atomic E-state index is 0.702. The average molecular weight is 253 g/mol. The van der Waals surface area contributed by atoms with Crippen LogP contribution in [-0.4, -0.2) is 30.1 Å². The van der Waals surface area contributed by atoms with Gasteiger partial charge in [-0.25, -0.2) is 0 Å². The molecular formula is C13H21O3Si. The van der Waals surface area contributed by atoms with Crippen molar-refractivity contribution in [3.8, 4) is 0 Å². The van der Waals surface area contributed by atoms with Crippen molar-refractivity contribution < 1.29 is 13.6 Å². The van der Waals surface area contributed by atoms with Gasteiger partial charge in [0.2, 0.25) is 0 Å². The topological polar surface area (TPSA) is 27.7 Å². The molecule has 1 aromatic carbocycles. The molecule has 0 aliphatic carbocycles. The minimum atomic E-state index is -1.02. The zero-order chi connectivity index (χ0) is 12.3. The molecule has 0 saturated carbocycles. The quantitative estimate of drug-likeness (QED) is 0.500. The van der Waals surface area contributed by atoms with Crippen LogP contribution in [0.25, 0.3) is 0 Å². The Morgan fingerprint density at radius 1 is 1.00 bits per heavy atom. The first-order valence-corrected chi connectivity index (χ1v) is 7.44. The molecule has 0 amide bonds. The highest BCUT2D eigenvalue weighted by molar-refractivity contribution is 6.44. The number of rotatable bonds is 9. The summed E-state index contributed by atoms with van der Waals surface area (Å²) in [6.07, 6.45) is 2.17. The van der Waals surface area contributed by atoms with E-state index in [1.165, 1.54) is 5.56 Å². The molecule has 95 valence electrons. The van der Waals surface area contributed by atoms with Gasteiger partial charge in [-0.3, -0.25) is 0 Å². The lowest BCUT2D eigenvalue weighted by Gasteiger charge is -2.09. The summed E-state index contributed by atoms with van der Waals surface area (Å²) in [6, 6.07) is 11.3. The Morgan fingerprint density at radius 2 is 1.71 bits per heavy atom. The van der Waals surface area contributed by atoms with E-state index in [0.29, 0.717) is 6.61 Å². The van der Waals surface area contributed by atoms with E-state index in [9.17, 15) is 0 Å². The van der Waals surface area contributed by atoms with Crippen molar-refractivity contribution in [1.29, 1.82) is 0 Å². The maximum atomic E-state index is 5.60. The van der Waals surface area contributed by atoms with Crippen LogP contribution >= 0.6 is 0 Å². The van der Waals surface area contributed by atoms with Crippen LogP contribution < -0.4 is 0 Å². The first-order chi connectivity index (χ1) is 8.36. The van der Waals surface area contributed by atoms with Crippen molar-refractivity contribution in [1.82, 2.24) is 0 Å². The maximum Gasteiger partial charge on any atom is 0.384 e. The normalized spacial score (nSPS) is 11.0. The third kappa shape index (κ3) is 6.58. The number of unbranched alkanes of at least 4 members (excludes halogenated alkanes) is 1. The molecule has 0 bridgehead atoms. The molecule has 0 aliphatic rings. The Hall–Kier alpha value is -0.683. The summed E-state index contributed by atoms with van der Waals surface area (Å²) in [5, 5.41) is 0. The Kier molecular flexibility index (Phi) is 7.91. The van der Waals surface area contributed by atoms with Gasteiger partial charge >= 0.3 is 9.28 Å². The third-order valence-corrected chi connectivity index (χ3v) is 4.16. The van der Waals surface area contributed by atoms with Crippen LogP contribution in [0.3, 0.4) is 0 Å². The lowest BCUT2D eigenvalue weighted by atomic mass is 10.2. The van der Waals surface area contributed by atoms with Crippen molar-refractivity contribution in [2.75, 3.05) is 20.8 Å². The molecule has 4 heteroatoms. The molecule has 3 nitrogen and oxygen atoms in total. The highest BCUT2D eigenvalue weighted by Crippen LogP contribution is 2.05. The van der Waals surface area contributed by atoms with E-state index in [1.807, 2.05) is 18.2 Å². The number of hydrogen-bond donors (Lipinski definition) is 0. The summed E-state index contributed by atoms with van der Waals surface area (Å²) < 4.78 is 16.0. The van der Waals surface area contributed by atoms with Crippen LogP contribution in [0.4, 0.5) is 0 Å². The second-order valence-electron chi connectivity index (χ2n) is 3.78. The molecule has 1 rings (SSSR count). The summed E-state index contributed by atoms with van der Waals surface area (Å²) in [5.41, 5.74) is 1.23. The predicted molar refractivity (Wildman–Crippen MR) is 69.9 cm³/mol. The van der Waals surface area contributed by atoms with Gasteiger partial charge < -0.3 is 13.6 Å². The Labute approximate surface area is 106 Å². The van der Waals surface area contributed by atoms with Gasteiger partial charge in [-0.15, -0.1) is 0 Å². The number of hydrogen-bond acceptors (Lipinski definition) is 3. The average Bonchev–Trinajstić information content (AvgIpc) is 2.39. The summed E-state index contributed by atoms with van der Waals surface area (Å²) in [5.74, 6) is 0. The fourth-order valence-corrected chi connectivity index (χ4v) is 2.64. The predicted octanol–water partition coefficient (Wildman–Crippen LogP) is 2.76. The molecule has 0 N–H and O–H groups in total. The highest BCUT2D eigenvalue weighted by Gasteiger charge is 2.10. The number of ether oxygens (including phenoxy) is 1. The molecule has 0 atom stereocenters. The molecule has 0 aliphatic heterocycles. The van der Waals surface area contributed by atoms with E-state index >= 15 is 0 Å². The SMILES string of the molecule is CO[Si](CCCCOCc1ccccc1)OC. The molecule has 0 spiro atoms. The molecular weight excluding hydrogens is 232 g/mol. The zero-order valence-corrected chi connectivity index (χ0v) is 11.6. The molecule has 1 radical (unpaired) electrons. The maximum absolute atomic E-state index is 5.60. The fourth-order valence-electron chi connectivity index (χ4n) is 1.53. The first-order valence-electron chi connectivity index (χ1n) is 5.92. The lowest BCUT2D eigenvalue weighted by Crippen LogP contribution is -2.18. The Bertz CT molecular complexity index is 275. The molecule has 0 aromatic heterocycles.